The number of amides is 1. The smallest absolute Gasteiger partial charge is 0.251 e. The van der Waals surface area contributed by atoms with Gasteiger partial charge in [0, 0.05) is 43.7 Å². The molecule has 1 aliphatic rings. The van der Waals surface area contributed by atoms with Gasteiger partial charge < -0.3 is 14.8 Å². The molecule has 0 bridgehead atoms. The number of benzene rings is 1. The number of aryl methyl sites for hydroxylation is 1. The maximum atomic E-state index is 12.2. The number of fused-ring (bicyclic) bond motifs is 1. The molecule has 0 saturated carbocycles. The fourth-order valence-corrected chi connectivity index (χ4v) is 2.83. The second-order valence-corrected chi connectivity index (χ2v) is 5.90. The maximum Gasteiger partial charge on any atom is 0.251 e. The van der Waals surface area contributed by atoms with Crippen molar-refractivity contribution < 1.29 is 4.79 Å². The van der Waals surface area contributed by atoms with Crippen molar-refractivity contribution in [1.82, 2.24) is 14.8 Å². The zero-order valence-electron chi connectivity index (χ0n) is 12.8. The molecule has 1 amide bonds. The first kappa shape index (κ1) is 14.8. The molecule has 3 rings (SSSR count). The average molecular weight is 299 g/mol. The van der Waals surface area contributed by atoms with Crippen LogP contribution in [0.3, 0.4) is 0 Å². The minimum Gasteiger partial charge on any atom is -0.340 e. The first-order valence-electron chi connectivity index (χ1n) is 7.71. The Morgan fingerprint density at radius 1 is 1.18 bits per heavy atom. The Balaban J connectivity index is 1.67. The van der Waals surface area contributed by atoms with Gasteiger partial charge in [0.25, 0.3) is 5.56 Å². The molecule has 5 nitrogen and oxygen atoms in total. The zero-order valence-corrected chi connectivity index (χ0v) is 12.8. The number of para-hydroxylation sites is 1. The molecule has 0 unspecified atom stereocenters. The van der Waals surface area contributed by atoms with Gasteiger partial charge in [-0.05, 0) is 31.0 Å². The lowest BCUT2D eigenvalue weighted by Gasteiger charge is -2.32. The summed E-state index contributed by atoms with van der Waals surface area (Å²) in [6.45, 7) is 3.40. The molecule has 2 heterocycles. The Morgan fingerprint density at radius 2 is 1.91 bits per heavy atom. The third-order valence-electron chi connectivity index (χ3n) is 4.29. The van der Waals surface area contributed by atoms with E-state index in [2.05, 4.69) is 16.9 Å². The molecule has 22 heavy (non-hydrogen) atoms. The predicted octanol–water partition coefficient (Wildman–Crippen LogP) is 1.23. The number of nitrogens with zero attached hydrogens (tertiary/aromatic N) is 2. The fraction of sp³-hybridized carbons (Fsp3) is 0.412. The molecule has 1 saturated heterocycles. The third-order valence-corrected chi connectivity index (χ3v) is 4.29. The molecule has 1 aliphatic heterocycles. The lowest BCUT2D eigenvalue weighted by molar-refractivity contribution is -0.132. The van der Waals surface area contributed by atoms with Crippen molar-refractivity contribution >= 4 is 16.8 Å². The van der Waals surface area contributed by atoms with Gasteiger partial charge >= 0.3 is 0 Å². The lowest BCUT2D eigenvalue weighted by atomic mass is 10.1. The Labute approximate surface area is 129 Å². The monoisotopic (exact) mass is 299 g/mol. The van der Waals surface area contributed by atoms with Crippen LogP contribution in [0.4, 0.5) is 0 Å². The molecule has 0 atom stereocenters. The number of H-pyrrole nitrogens is 1. The quantitative estimate of drug-likeness (QED) is 0.927. The molecule has 116 valence electrons. The minimum absolute atomic E-state index is 0.0927. The Hall–Kier alpha value is -2.14. The first-order valence-corrected chi connectivity index (χ1v) is 7.71. The molecule has 1 aromatic carbocycles. The normalized spacial score (nSPS) is 16.1. The molecular weight excluding hydrogens is 278 g/mol. The van der Waals surface area contributed by atoms with Crippen LogP contribution in [0.15, 0.2) is 35.1 Å². The SMILES string of the molecule is CN1CCN(C(=O)CCc2cc3ccccc3[nH]c2=O)CC1. The van der Waals surface area contributed by atoms with E-state index >= 15 is 0 Å². The highest BCUT2D eigenvalue weighted by atomic mass is 16.2. The second-order valence-electron chi connectivity index (χ2n) is 5.90. The van der Waals surface area contributed by atoms with Crippen LogP contribution in [-0.2, 0) is 11.2 Å². The topological polar surface area (TPSA) is 56.4 Å². The van der Waals surface area contributed by atoms with Crippen LogP contribution in [0.2, 0.25) is 0 Å². The van der Waals surface area contributed by atoms with Crippen LogP contribution in [0.1, 0.15) is 12.0 Å². The number of rotatable bonds is 3. The number of carbonyl (C=O) groups is 1. The van der Waals surface area contributed by atoms with Gasteiger partial charge in [-0.1, -0.05) is 18.2 Å². The molecule has 1 N–H and O–H groups in total. The zero-order chi connectivity index (χ0) is 15.5. The van der Waals surface area contributed by atoms with Crippen molar-refractivity contribution in [2.75, 3.05) is 33.2 Å². The predicted molar refractivity (Wildman–Crippen MR) is 87.0 cm³/mol. The number of likely N-dealkylation sites (N-methyl/N-ethyl adjacent to an activating group) is 1. The summed E-state index contributed by atoms with van der Waals surface area (Å²) in [7, 11) is 2.07. The average Bonchev–Trinajstić information content (AvgIpc) is 2.53. The van der Waals surface area contributed by atoms with Crippen LogP contribution in [0, 0.1) is 0 Å². The van der Waals surface area contributed by atoms with Crippen molar-refractivity contribution in [3.63, 3.8) is 0 Å². The summed E-state index contributed by atoms with van der Waals surface area (Å²) in [5, 5.41) is 1.00. The summed E-state index contributed by atoms with van der Waals surface area (Å²) in [6, 6.07) is 9.59. The molecule has 1 aromatic heterocycles. The van der Waals surface area contributed by atoms with E-state index in [4.69, 9.17) is 0 Å². The Morgan fingerprint density at radius 3 is 2.68 bits per heavy atom. The third kappa shape index (κ3) is 3.20. The number of hydrogen-bond acceptors (Lipinski definition) is 3. The number of pyridine rings is 1. The van der Waals surface area contributed by atoms with E-state index in [-0.39, 0.29) is 11.5 Å². The highest BCUT2D eigenvalue weighted by molar-refractivity contribution is 5.79. The molecule has 2 aromatic rings. The van der Waals surface area contributed by atoms with E-state index in [1.165, 1.54) is 0 Å². The van der Waals surface area contributed by atoms with Crippen LogP contribution >= 0.6 is 0 Å². The number of carbonyl (C=O) groups excluding carboxylic acids is 1. The van der Waals surface area contributed by atoms with Crippen LogP contribution in [0.5, 0.6) is 0 Å². The molecule has 1 fully saturated rings. The van der Waals surface area contributed by atoms with E-state index in [1.807, 2.05) is 35.2 Å². The van der Waals surface area contributed by atoms with Crippen molar-refractivity contribution in [1.29, 1.82) is 0 Å². The van der Waals surface area contributed by atoms with E-state index in [9.17, 15) is 9.59 Å². The first-order chi connectivity index (χ1) is 10.6. The van der Waals surface area contributed by atoms with Crippen LogP contribution < -0.4 is 5.56 Å². The van der Waals surface area contributed by atoms with Crippen molar-refractivity contribution in [2.24, 2.45) is 0 Å². The molecule has 0 radical (unpaired) electrons. The summed E-state index contributed by atoms with van der Waals surface area (Å²) in [6.07, 6.45) is 0.885. The maximum absolute atomic E-state index is 12.2. The van der Waals surface area contributed by atoms with Crippen molar-refractivity contribution in [2.45, 2.75) is 12.8 Å². The second kappa shape index (κ2) is 6.32. The summed E-state index contributed by atoms with van der Waals surface area (Å²) in [5.74, 6) is 0.139. The molecule has 0 spiro atoms. The van der Waals surface area contributed by atoms with Gasteiger partial charge in [-0.25, -0.2) is 0 Å². The molecule has 5 heteroatoms. The van der Waals surface area contributed by atoms with Crippen molar-refractivity contribution in [3.8, 4) is 0 Å². The standard InChI is InChI=1S/C17H21N3O2/c1-19-8-10-20(11-9-19)16(21)7-6-14-12-13-4-2-3-5-15(13)18-17(14)22/h2-5,12H,6-11H2,1H3,(H,18,22). The van der Waals surface area contributed by atoms with Gasteiger partial charge in [-0.3, -0.25) is 9.59 Å². The molecular formula is C17H21N3O2. The number of aromatic nitrogens is 1. The van der Waals surface area contributed by atoms with E-state index in [1.54, 1.807) is 0 Å². The van der Waals surface area contributed by atoms with Gasteiger partial charge in [0.05, 0.1) is 0 Å². The van der Waals surface area contributed by atoms with Crippen molar-refractivity contribution in [3.05, 3.63) is 46.2 Å². The summed E-state index contributed by atoms with van der Waals surface area (Å²) >= 11 is 0. The van der Waals surface area contributed by atoms with E-state index < -0.39 is 0 Å². The van der Waals surface area contributed by atoms with E-state index in [0.717, 1.165) is 37.1 Å². The highest BCUT2D eigenvalue weighted by Crippen LogP contribution is 2.12. The largest absolute Gasteiger partial charge is 0.340 e. The Kier molecular flexibility index (Phi) is 4.24. The van der Waals surface area contributed by atoms with Gasteiger partial charge in [0.1, 0.15) is 0 Å². The number of nitrogens with one attached hydrogen (secondary N) is 1. The molecule has 0 aliphatic carbocycles. The Bertz CT molecular complexity index is 730. The van der Waals surface area contributed by atoms with Gasteiger partial charge in [-0.2, -0.15) is 0 Å². The number of hydrogen-bond donors (Lipinski definition) is 1. The van der Waals surface area contributed by atoms with Crippen LogP contribution in [0.25, 0.3) is 10.9 Å². The highest BCUT2D eigenvalue weighted by Gasteiger charge is 2.19. The van der Waals surface area contributed by atoms with Crippen LogP contribution in [-0.4, -0.2) is 53.9 Å². The van der Waals surface area contributed by atoms with Gasteiger partial charge in [0.2, 0.25) is 5.91 Å². The summed E-state index contributed by atoms with van der Waals surface area (Å²) < 4.78 is 0. The summed E-state index contributed by atoms with van der Waals surface area (Å²) in [4.78, 5) is 31.3. The fourth-order valence-electron chi connectivity index (χ4n) is 2.83. The number of aromatic amines is 1. The lowest BCUT2D eigenvalue weighted by Crippen LogP contribution is -2.47. The minimum atomic E-state index is -0.0927. The summed E-state index contributed by atoms with van der Waals surface area (Å²) in [5.41, 5.74) is 1.42. The van der Waals surface area contributed by atoms with Gasteiger partial charge in [-0.15, -0.1) is 0 Å². The van der Waals surface area contributed by atoms with Gasteiger partial charge in [0.15, 0.2) is 0 Å². The van der Waals surface area contributed by atoms with E-state index in [0.29, 0.717) is 18.4 Å². The number of piperazine rings is 1.